The van der Waals surface area contributed by atoms with Crippen molar-refractivity contribution in [3.8, 4) is 5.75 Å². The second-order valence-corrected chi connectivity index (χ2v) is 3.90. The minimum absolute atomic E-state index is 0.172. The summed E-state index contributed by atoms with van der Waals surface area (Å²) in [6.45, 7) is 4.06. The first kappa shape index (κ1) is 14.3. The molecule has 0 aliphatic rings. The minimum Gasteiger partial charge on any atom is -0.491 e. The van der Waals surface area contributed by atoms with Crippen LogP contribution in [0.5, 0.6) is 5.75 Å². The van der Waals surface area contributed by atoms with Gasteiger partial charge < -0.3 is 15.2 Å². The number of benzene rings is 1. The number of carboxylic acids is 1. The Morgan fingerprint density at radius 2 is 2.22 bits per heavy atom. The van der Waals surface area contributed by atoms with E-state index in [0.717, 1.165) is 6.42 Å². The van der Waals surface area contributed by atoms with E-state index in [2.05, 4.69) is 5.32 Å². The number of hydrogen-bond donors (Lipinski definition) is 2. The van der Waals surface area contributed by atoms with E-state index in [-0.39, 0.29) is 5.75 Å². The van der Waals surface area contributed by atoms with Gasteiger partial charge in [0.1, 0.15) is 6.04 Å². The summed E-state index contributed by atoms with van der Waals surface area (Å²) in [5.74, 6) is -1.26. The number of nitrogens with one attached hydrogen (secondary N) is 1. The lowest BCUT2D eigenvalue weighted by molar-refractivity contribution is -0.138. The maximum Gasteiger partial charge on any atom is 0.326 e. The van der Waals surface area contributed by atoms with Crippen LogP contribution in [0.2, 0.25) is 0 Å². The van der Waals surface area contributed by atoms with E-state index < -0.39 is 17.8 Å². The molecule has 1 aromatic rings. The third kappa shape index (κ3) is 3.91. The highest BCUT2D eigenvalue weighted by Gasteiger charge is 2.16. The Balaban J connectivity index is 2.77. The van der Waals surface area contributed by atoms with Gasteiger partial charge in [0.25, 0.3) is 0 Å². The van der Waals surface area contributed by atoms with E-state index in [1.54, 1.807) is 13.0 Å². The van der Waals surface area contributed by atoms with E-state index in [1.807, 2.05) is 6.92 Å². The molecule has 18 heavy (non-hydrogen) atoms. The average molecular weight is 255 g/mol. The molecule has 0 aliphatic heterocycles. The molecule has 0 aromatic heterocycles. The maximum atomic E-state index is 13.6. The first-order valence-electron chi connectivity index (χ1n) is 6.00. The van der Waals surface area contributed by atoms with Crippen molar-refractivity contribution in [3.63, 3.8) is 0 Å². The molecule has 0 amide bonds. The van der Waals surface area contributed by atoms with Gasteiger partial charge in [-0.3, -0.25) is 0 Å². The van der Waals surface area contributed by atoms with Crippen LogP contribution in [0.25, 0.3) is 0 Å². The Bertz CT molecular complexity index is 409. The van der Waals surface area contributed by atoms with Gasteiger partial charge >= 0.3 is 5.97 Å². The van der Waals surface area contributed by atoms with Gasteiger partial charge in [0.15, 0.2) is 11.6 Å². The molecule has 0 bridgehead atoms. The summed E-state index contributed by atoms with van der Waals surface area (Å²) >= 11 is 0. The standard InChI is InChI=1S/C13H18FNO3/c1-3-5-11(13(16)17)15-9-6-7-12(18-4-2)10(14)8-9/h6-8,11,15H,3-5H2,1-2H3,(H,16,17). The molecule has 4 nitrogen and oxygen atoms in total. The second kappa shape index (κ2) is 6.83. The molecule has 100 valence electrons. The molecule has 0 spiro atoms. The largest absolute Gasteiger partial charge is 0.491 e. The topological polar surface area (TPSA) is 58.6 Å². The van der Waals surface area contributed by atoms with Gasteiger partial charge in [0.05, 0.1) is 6.61 Å². The normalized spacial score (nSPS) is 11.9. The van der Waals surface area contributed by atoms with E-state index in [4.69, 9.17) is 9.84 Å². The minimum atomic E-state index is -0.939. The lowest BCUT2D eigenvalue weighted by atomic mass is 10.1. The SMILES string of the molecule is CCCC(Nc1ccc(OCC)c(F)c1)C(=O)O. The lowest BCUT2D eigenvalue weighted by Crippen LogP contribution is -2.28. The van der Waals surface area contributed by atoms with Crippen LogP contribution in [0, 0.1) is 5.82 Å². The van der Waals surface area contributed by atoms with Crippen molar-refractivity contribution >= 4 is 11.7 Å². The van der Waals surface area contributed by atoms with Crippen LogP contribution in [0.15, 0.2) is 18.2 Å². The van der Waals surface area contributed by atoms with Crippen molar-refractivity contribution in [3.05, 3.63) is 24.0 Å². The predicted octanol–water partition coefficient (Wildman–Crippen LogP) is 2.89. The van der Waals surface area contributed by atoms with Crippen molar-refractivity contribution in [1.82, 2.24) is 0 Å². The quantitative estimate of drug-likeness (QED) is 0.786. The highest BCUT2D eigenvalue weighted by Crippen LogP contribution is 2.22. The fourth-order valence-electron chi connectivity index (χ4n) is 1.61. The fourth-order valence-corrected chi connectivity index (χ4v) is 1.61. The molecular formula is C13H18FNO3. The summed E-state index contributed by atoms with van der Waals surface area (Å²) in [5, 5.41) is 11.8. The zero-order valence-corrected chi connectivity index (χ0v) is 10.6. The van der Waals surface area contributed by atoms with Gasteiger partial charge in [-0.1, -0.05) is 13.3 Å². The zero-order valence-electron chi connectivity index (χ0n) is 10.6. The molecule has 0 saturated carbocycles. The Kier molecular flexibility index (Phi) is 5.42. The van der Waals surface area contributed by atoms with Crippen LogP contribution < -0.4 is 10.1 Å². The molecule has 1 aromatic carbocycles. The summed E-state index contributed by atoms with van der Waals surface area (Å²) in [5.41, 5.74) is 0.441. The van der Waals surface area contributed by atoms with Crippen LogP contribution in [0.1, 0.15) is 26.7 Å². The zero-order chi connectivity index (χ0) is 13.5. The van der Waals surface area contributed by atoms with E-state index in [0.29, 0.717) is 18.7 Å². The Labute approximate surface area is 106 Å². The number of halogens is 1. The smallest absolute Gasteiger partial charge is 0.326 e. The van der Waals surface area contributed by atoms with Crippen molar-refractivity contribution in [2.24, 2.45) is 0 Å². The molecule has 1 atom stereocenters. The molecule has 0 radical (unpaired) electrons. The maximum absolute atomic E-state index is 13.6. The third-order valence-corrected chi connectivity index (χ3v) is 2.45. The predicted molar refractivity (Wildman–Crippen MR) is 67.5 cm³/mol. The van der Waals surface area contributed by atoms with Crippen LogP contribution >= 0.6 is 0 Å². The molecule has 1 unspecified atom stereocenters. The van der Waals surface area contributed by atoms with E-state index in [9.17, 15) is 9.18 Å². The van der Waals surface area contributed by atoms with Gasteiger partial charge in [-0.05, 0) is 25.5 Å². The van der Waals surface area contributed by atoms with Gasteiger partial charge in [-0.15, -0.1) is 0 Å². The Morgan fingerprint density at radius 1 is 1.50 bits per heavy atom. The van der Waals surface area contributed by atoms with Gasteiger partial charge in [0.2, 0.25) is 0 Å². The molecule has 2 N–H and O–H groups in total. The van der Waals surface area contributed by atoms with Gasteiger partial charge in [-0.2, -0.15) is 0 Å². The summed E-state index contributed by atoms with van der Waals surface area (Å²) in [6.07, 6.45) is 1.23. The molecule has 0 saturated heterocycles. The number of carbonyl (C=O) groups is 1. The summed E-state index contributed by atoms with van der Waals surface area (Å²) in [4.78, 5) is 11.0. The first-order chi connectivity index (χ1) is 8.58. The number of carboxylic acid groups (broad SMARTS) is 1. The summed E-state index contributed by atoms with van der Waals surface area (Å²) in [6, 6.07) is 3.65. The number of hydrogen-bond acceptors (Lipinski definition) is 3. The van der Waals surface area contributed by atoms with Crippen molar-refractivity contribution < 1.29 is 19.0 Å². The van der Waals surface area contributed by atoms with Crippen LogP contribution in [0.4, 0.5) is 10.1 Å². The number of rotatable bonds is 7. The van der Waals surface area contributed by atoms with E-state index in [1.165, 1.54) is 12.1 Å². The second-order valence-electron chi connectivity index (χ2n) is 3.90. The van der Waals surface area contributed by atoms with Gasteiger partial charge in [0, 0.05) is 11.8 Å². The third-order valence-electron chi connectivity index (χ3n) is 2.45. The molecule has 0 heterocycles. The number of ether oxygens (including phenoxy) is 1. The fraction of sp³-hybridized carbons (Fsp3) is 0.462. The highest BCUT2D eigenvalue weighted by atomic mass is 19.1. The monoisotopic (exact) mass is 255 g/mol. The lowest BCUT2D eigenvalue weighted by Gasteiger charge is -2.15. The Hall–Kier alpha value is -1.78. The van der Waals surface area contributed by atoms with Crippen molar-refractivity contribution in [2.45, 2.75) is 32.7 Å². The number of aliphatic carboxylic acids is 1. The molecule has 0 aliphatic carbocycles. The highest BCUT2D eigenvalue weighted by molar-refractivity contribution is 5.77. The summed E-state index contributed by atoms with van der Waals surface area (Å²) < 4.78 is 18.6. The Morgan fingerprint density at radius 3 is 2.72 bits per heavy atom. The summed E-state index contributed by atoms with van der Waals surface area (Å²) in [7, 11) is 0. The number of anilines is 1. The first-order valence-corrected chi connectivity index (χ1v) is 6.00. The molecular weight excluding hydrogens is 237 g/mol. The van der Waals surface area contributed by atoms with Crippen LogP contribution in [-0.2, 0) is 4.79 Å². The molecule has 0 fully saturated rings. The van der Waals surface area contributed by atoms with Crippen LogP contribution in [-0.4, -0.2) is 23.7 Å². The average Bonchev–Trinajstić information content (AvgIpc) is 2.32. The molecule has 1 rings (SSSR count). The van der Waals surface area contributed by atoms with Crippen molar-refractivity contribution in [2.75, 3.05) is 11.9 Å². The van der Waals surface area contributed by atoms with Gasteiger partial charge in [-0.25, -0.2) is 9.18 Å². The molecule has 5 heteroatoms. The van der Waals surface area contributed by atoms with Crippen LogP contribution in [0.3, 0.4) is 0 Å². The van der Waals surface area contributed by atoms with Crippen molar-refractivity contribution in [1.29, 1.82) is 0 Å². The van der Waals surface area contributed by atoms with E-state index >= 15 is 0 Å².